The summed E-state index contributed by atoms with van der Waals surface area (Å²) in [5.41, 5.74) is 1.63. The molecule has 3 rings (SSSR count). The van der Waals surface area contributed by atoms with Crippen LogP contribution in [0.5, 0.6) is 5.75 Å². The zero-order valence-corrected chi connectivity index (χ0v) is 18.1. The van der Waals surface area contributed by atoms with Crippen molar-refractivity contribution in [3.8, 4) is 17.1 Å². The highest BCUT2D eigenvalue weighted by Crippen LogP contribution is 2.26. The molecule has 1 heterocycles. The first-order valence-corrected chi connectivity index (χ1v) is 10.6. The van der Waals surface area contributed by atoms with Crippen molar-refractivity contribution in [2.24, 2.45) is 5.92 Å². The summed E-state index contributed by atoms with van der Waals surface area (Å²) in [6, 6.07) is 14.8. The van der Waals surface area contributed by atoms with E-state index in [1.807, 2.05) is 42.5 Å². The third-order valence-electron chi connectivity index (χ3n) is 4.05. The van der Waals surface area contributed by atoms with Gasteiger partial charge in [0.25, 0.3) is 0 Å². The van der Waals surface area contributed by atoms with Crippen molar-refractivity contribution in [2.45, 2.75) is 25.5 Å². The number of ether oxygens (including phenoxy) is 1. The van der Waals surface area contributed by atoms with E-state index >= 15 is 0 Å². The van der Waals surface area contributed by atoms with Crippen molar-refractivity contribution in [1.82, 2.24) is 14.8 Å². The van der Waals surface area contributed by atoms with E-state index < -0.39 is 0 Å². The van der Waals surface area contributed by atoms with Gasteiger partial charge in [-0.15, -0.1) is 10.2 Å². The van der Waals surface area contributed by atoms with E-state index in [9.17, 15) is 4.79 Å². The van der Waals surface area contributed by atoms with E-state index in [0.717, 1.165) is 17.9 Å². The van der Waals surface area contributed by atoms with E-state index in [2.05, 4.69) is 33.9 Å². The predicted molar refractivity (Wildman–Crippen MR) is 118 cm³/mol. The van der Waals surface area contributed by atoms with E-state index in [-0.39, 0.29) is 11.7 Å². The summed E-state index contributed by atoms with van der Waals surface area (Å²) in [6.07, 6.45) is 0. The Morgan fingerprint density at radius 2 is 1.97 bits per heavy atom. The van der Waals surface area contributed by atoms with Crippen LogP contribution in [0.2, 0.25) is 5.02 Å². The maximum Gasteiger partial charge on any atom is 0.234 e. The number of methoxy groups -OCH3 is 1. The van der Waals surface area contributed by atoms with Crippen molar-refractivity contribution < 1.29 is 9.53 Å². The summed E-state index contributed by atoms with van der Waals surface area (Å²) in [6.45, 7) is 5.02. The molecule has 1 aromatic heterocycles. The Bertz CT molecular complexity index is 973. The third-order valence-corrected chi connectivity index (χ3v) is 5.27. The first kappa shape index (κ1) is 21.2. The van der Waals surface area contributed by atoms with Crippen LogP contribution in [0.4, 0.5) is 5.69 Å². The second-order valence-corrected chi connectivity index (χ2v) is 8.27. The monoisotopic (exact) mass is 430 g/mol. The number of nitrogens with one attached hydrogen (secondary N) is 1. The molecule has 2 aromatic carbocycles. The lowest BCUT2D eigenvalue weighted by atomic mass is 10.2. The number of aromatic nitrogens is 3. The number of halogens is 1. The smallest absolute Gasteiger partial charge is 0.234 e. The molecule has 0 aliphatic rings. The average Bonchev–Trinajstić information content (AvgIpc) is 3.09. The van der Waals surface area contributed by atoms with E-state index in [1.165, 1.54) is 11.8 Å². The van der Waals surface area contributed by atoms with Crippen LogP contribution in [-0.4, -0.2) is 33.5 Å². The molecule has 8 heteroatoms. The number of rotatable bonds is 8. The highest BCUT2D eigenvalue weighted by atomic mass is 35.5. The minimum Gasteiger partial charge on any atom is -0.497 e. The number of benzene rings is 2. The average molecular weight is 431 g/mol. The molecule has 0 radical (unpaired) electrons. The van der Waals surface area contributed by atoms with Crippen LogP contribution in [0.1, 0.15) is 13.8 Å². The number of nitrogens with zero attached hydrogens (tertiary/aromatic N) is 3. The highest BCUT2D eigenvalue weighted by Gasteiger charge is 2.17. The first-order valence-electron chi connectivity index (χ1n) is 9.22. The van der Waals surface area contributed by atoms with Gasteiger partial charge in [0.15, 0.2) is 11.0 Å². The Hall–Kier alpha value is -2.51. The van der Waals surface area contributed by atoms with Crippen LogP contribution in [0.3, 0.4) is 0 Å². The second-order valence-electron chi connectivity index (χ2n) is 6.89. The zero-order valence-electron chi connectivity index (χ0n) is 16.6. The number of amides is 1. The molecule has 0 saturated heterocycles. The van der Waals surface area contributed by atoms with Gasteiger partial charge in [-0.3, -0.25) is 4.79 Å². The maximum atomic E-state index is 12.4. The summed E-state index contributed by atoms with van der Waals surface area (Å²) in [5.74, 6) is 1.98. The maximum absolute atomic E-state index is 12.4. The number of carbonyl (C=O) groups excluding carboxylic acids is 1. The molecule has 0 aliphatic heterocycles. The molecule has 0 bridgehead atoms. The van der Waals surface area contributed by atoms with Gasteiger partial charge in [-0.1, -0.05) is 43.3 Å². The van der Waals surface area contributed by atoms with E-state index in [4.69, 9.17) is 16.3 Å². The number of thioether (sulfide) groups is 1. The van der Waals surface area contributed by atoms with Gasteiger partial charge in [0, 0.05) is 28.9 Å². The van der Waals surface area contributed by atoms with Crippen LogP contribution >= 0.6 is 23.4 Å². The zero-order chi connectivity index (χ0) is 20.8. The van der Waals surface area contributed by atoms with Crippen molar-refractivity contribution in [3.05, 3.63) is 53.6 Å². The Kier molecular flexibility index (Phi) is 7.17. The number of carbonyl (C=O) groups is 1. The first-order chi connectivity index (χ1) is 14.0. The van der Waals surface area contributed by atoms with E-state index in [1.54, 1.807) is 13.2 Å². The van der Waals surface area contributed by atoms with Crippen molar-refractivity contribution >= 4 is 35.0 Å². The fraction of sp³-hybridized carbons (Fsp3) is 0.286. The summed E-state index contributed by atoms with van der Waals surface area (Å²) in [7, 11) is 1.59. The topological polar surface area (TPSA) is 69.0 Å². The van der Waals surface area contributed by atoms with Crippen LogP contribution < -0.4 is 10.1 Å². The standard InChI is InChI=1S/C21H23ClN4O2S/c1-14(2)12-26-20(15-7-9-16(22)10-8-15)24-25-21(26)29-13-19(27)23-17-5-4-6-18(11-17)28-3/h4-11,14H,12-13H2,1-3H3,(H,23,27). The van der Waals surface area contributed by atoms with Crippen LogP contribution in [0.15, 0.2) is 53.7 Å². The van der Waals surface area contributed by atoms with Gasteiger partial charge in [0.1, 0.15) is 5.75 Å². The molecular weight excluding hydrogens is 408 g/mol. The van der Waals surface area contributed by atoms with Crippen LogP contribution in [0, 0.1) is 5.92 Å². The Labute approximate surface area is 179 Å². The molecule has 1 N–H and O–H groups in total. The molecule has 1 amide bonds. The molecule has 0 unspecified atom stereocenters. The fourth-order valence-electron chi connectivity index (χ4n) is 2.77. The lowest BCUT2D eigenvalue weighted by Crippen LogP contribution is -2.15. The Morgan fingerprint density at radius 1 is 1.21 bits per heavy atom. The van der Waals surface area contributed by atoms with Gasteiger partial charge in [-0.25, -0.2) is 0 Å². The van der Waals surface area contributed by atoms with Gasteiger partial charge in [0.2, 0.25) is 5.91 Å². The van der Waals surface area contributed by atoms with Crippen molar-refractivity contribution in [1.29, 1.82) is 0 Å². The van der Waals surface area contributed by atoms with Gasteiger partial charge >= 0.3 is 0 Å². The number of hydrogen-bond acceptors (Lipinski definition) is 5. The lowest BCUT2D eigenvalue weighted by molar-refractivity contribution is -0.113. The van der Waals surface area contributed by atoms with Gasteiger partial charge < -0.3 is 14.6 Å². The van der Waals surface area contributed by atoms with Gasteiger partial charge in [0.05, 0.1) is 12.9 Å². The fourth-order valence-corrected chi connectivity index (χ4v) is 3.64. The molecular formula is C21H23ClN4O2S. The summed E-state index contributed by atoms with van der Waals surface area (Å²) < 4.78 is 7.24. The molecule has 0 fully saturated rings. The Balaban J connectivity index is 1.72. The molecule has 6 nitrogen and oxygen atoms in total. The predicted octanol–water partition coefficient (Wildman–Crippen LogP) is 4.99. The Morgan fingerprint density at radius 3 is 2.66 bits per heavy atom. The van der Waals surface area contributed by atoms with Gasteiger partial charge in [-0.05, 0) is 42.3 Å². The molecule has 3 aromatic rings. The largest absolute Gasteiger partial charge is 0.497 e. The summed E-state index contributed by atoms with van der Waals surface area (Å²) in [5, 5.41) is 12.9. The van der Waals surface area contributed by atoms with Crippen molar-refractivity contribution in [2.75, 3.05) is 18.2 Å². The van der Waals surface area contributed by atoms with Crippen molar-refractivity contribution in [3.63, 3.8) is 0 Å². The third kappa shape index (κ3) is 5.74. The molecule has 0 aliphatic carbocycles. The molecule has 152 valence electrons. The minimum atomic E-state index is -0.115. The summed E-state index contributed by atoms with van der Waals surface area (Å²) >= 11 is 7.36. The SMILES string of the molecule is COc1cccc(NC(=O)CSc2nnc(-c3ccc(Cl)cc3)n2CC(C)C)c1. The molecule has 0 spiro atoms. The quantitative estimate of drug-likeness (QED) is 0.509. The minimum absolute atomic E-state index is 0.115. The molecule has 0 atom stereocenters. The second kappa shape index (κ2) is 9.80. The normalized spacial score (nSPS) is 10.9. The van der Waals surface area contributed by atoms with Gasteiger partial charge in [-0.2, -0.15) is 0 Å². The van der Waals surface area contributed by atoms with E-state index in [0.29, 0.717) is 27.5 Å². The van der Waals surface area contributed by atoms with Crippen LogP contribution in [0.25, 0.3) is 11.4 Å². The number of anilines is 1. The number of hydrogen-bond donors (Lipinski definition) is 1. The molecule has 29 heavy (non-hydrogen) atoms. The molecule has 0 saturated carbocycles. The highest BCUT2D eigenvalue weighted by molar-refractivity contribution is 7.99. The van der Waals surface area contributed by atoms with Crippen LogP contribution in [-0.2, 0) is 11.3 Å². The lowest BCUT2D eigenvalue weighted by Gasteiger charge is -2.12. The summed E-state index contributed by atoms with van der Waals surface area (Å²) in [4.78, 5) is 12.4.